The molecule has 0 radical (unpaired) electrons. The lowest BCUT2D eigenvalue weighted by Gasteiger charge is -2.10. The molecule has 0 saturated carbocycles. The van der Waals surface area contributed by atoms with Gasteiger partial charge in [0, 0.05) is 11.1 Å². The van der Waals surface area contributed by atoms with E-state index in [4.69, 9.17) is 14.6 Å². The van der Waals surface area contributed by atoms with Crippen LogP contribution in [0, 0.1) is 0 Å². The molecule has 1 aromatic heterocycles. The predicted octanol–water partition coefficient (Wildman–Crippen LogP) is 5.22. The Morgan fingerprint density at radius 1 is 0.667 bits per heavy atom. The Kier molecular flexibility index (Phi) is 4.62. The van der Waals surface area contributed by atoms with Gasteiger partial charge in [-0.25, -0.2) is 4.68 Å². The monoisotopic (exact) mass is 356 g/mol. The minimum atomic E-state index is 0.793. The summed E-state index contributed by atoms with van der Waals surface area (Å²) in [6, 6.07) is 28.0. The predicted molar refractivity (Wildman–Crippen MR) is 108 cm³/mol. The molecule has 4 heteroatoms. The Hall–Kier alpha value is -3.53. The number of nitrogens with zero attached hydrogens (tertiary/aromatic N) is 2. The lowest BCUT2D eigenvalue weighted by atomic mass is 10.1. The van der Waals surface area contributed by atoms with Crippen molar-refractivity contribution in [1.29, 1.82) is 0 Å². The molecule has 0 fully saturated rings. The van der Waals surface area contributed by atoms with Gasteiger partial charge in [0.15, 0.2) is 0 Å². The topological polar surface area (TPSA) is 36.3 Å². The first-order valence-corrected chi connectivity index (χ1v) is 8.74. The van der Waals surface area contributed by atoms with Gasteiger partial charge < -0.3 is 9.47 Å². The SMILES string of the molecule is COc1ccccc1-c1cc(-c2ccccc2OC)n(-c2ccccc2)n1. The van der Waals surface area contributed by atoms with Gasteiger partial charge in [-0.3, -0.25) is 0 Å². The summed E-state index contributed by atoms with van der Waals surface area (Å²) >= 11 is 0. The molecular weight excluding hydrogens is 336 g/mol. The van der Waals surface area contributed by atoms with E-state index < -0.39 is 0 Å². The highest BCUT2D eigenvalue weighted by molar-refractivity contribution is 5.76. The van der Waals surface area contributed by atoms with Gasteiger partial charge >= 0.3 is 0 Å². The van der Waals surface area contributed by atoms with Gasteiger partial charge in [-0.05, 0) is 42.5 Å². The minimum absolute atomic E-state index is 0.793. The number of rotatable bonds is 5. The maximum atomic E-state index is 5.58. The lowest BCUT2D eigenvalue weighted by molar-refractivity contribution is 0.416. The Bertz CT molecular complexity index is 1050. The van der Waals surface area contributed by atoms with Crippen LogP contribution in [0.25, 0.3) is 28.2 Å². The largest absolute Gasteiger partial charge is 0.496 e. The van der Waals surface area contributed by atoms with E-state index in [2.05, 4.69) is 6.07 Å². The van der Waals surface area contributed by atoms with Gasteiger partial charge in [-0.15, -0.1) is 0 Å². The third kappa shape index (κ3) is 3.17. The van der Waals surface area contributed by atoms with E-state index in [0.29, 0.717) is 0 Å². The average molecular weight is 356 g/mol. The van der Waals surface area contributed by atoms with Crippen molar-refractivity contribution in [3.05, 3.63) is 84.9 Å². The summed E-state index contributed by atoms with van der Waals surface area (Å²) in [5.41, 5.74) is 4.72. The fourth-order valence-corrected chi connectivity index (χ4v) is 3.18. The van der Waals surface area contributed by atoms with Crippen LogP contribution in [0.3, 0.4) is 0 Å². The first kappa shape index (κ1) is 16.9. The van der Waals surface area contributed by atoms with E-state index in [-0.39, 0.29) is 0 Å². The molecule has 4 aromatic rings. The molecule has 27 heavy (non-hydrogen) atoms. The van der Waals surface area contributed by atoms with Crippen LogP contribution < -0.4 is 9.47 Å². The van der Waals surface area contributed by atoms with Crippen LogP contribution in [0.5, 0.6) is 11.5 Å². The second-order valence-corrected chi connectivity index (χ2v) is 6.06. The summed E-state index contributed by atoms with van der Waals surface area (Å²) in [6.45, 7) is 0. The third-order valence-corrected chi connectivity index (χ3v) is 4.48. The second kappa shape index (κ2) is 7.38. The van der Waals surface area contributed by atoms with Crippen molar-refractivity contribution in [2.24, 2.45) is 0 Å². The van der Waals surface area contributed by atoms with Gasteiger partial charge in [0.2, 0.25) is 0 Å². The molecule has 0 amide bonds. The van der Waals surface area contributed by atoms with E-state index in [1.54, 1.807) is 14.2 Å². The molecule has 0 aliphatic heterocycles. The molecule has 0 aliphatic rings. The van der Waals surface area contributed by atoms with Crippen LogP contribution in [0.4, 0.5) is 0 Å². The smallest absolute Gasteiger partial charge is 0.128 e. The minimum Gasteiger partial charge on any atom is -0.496 e. The quantitative estimate of drug-likeness (QED) is 0.492. The molecule has 0 unspecified atom stereocenters. The molecule has 1 heterocycles. The van der Waals surface area contributed by atoms with Crippen molar-refractivity contribution in [1.82, 2.24) is 9.78 Å². The lowest BCUT2D eigenvalue weighted by Crippen LogP contribution is -2.00. The molecule has 134 valence electrons. The number of para-hydroxylation sites is 3. The standard InChI is InChI=1S/C23H20N2O2/c1-26-22-14-8-6-12-18(22)20-16-21(19-13-7-9-15-23(19)27-2)25(24-20)17-10-4-3-5-11-17/h3-16H,1-2H3. The molecule has 0 bridgehead atoms. The Morgan fingerprint density at radius 2 is 1.22 bits per heavy atom. The summed E-state index contributed by atoms with van der Waals surface area (Å²) < 4.78 is 13.1. The van der Waals surface area contributed by atoms with Crippen LogP contribution in [-0.4, -0.2) is 24.0 Å². The maximum Gasteiger partial charge on any atom is 0.128 e. The summed E-state index contributed by atoms with van der Waals surface area (Å²) in [7, 11) is 3.36. The molecular formula is C23H20N2O2. The third-order valence-electron chi connectivity index (χ3n) is 4.48. The molecule has 0 atom stereocenters. The van der Waals surface area contributed by atoms with Gasteiger partial charge in [0.05, 0.1) is 31.3 Å². The summed E-state index contributed by atoms with van der Waals surface area (Å²) in [4.78, 5) is 0. The van der Waals surface area contributed by atoms with Crippen molar-refractivity contribution in [2.75, 3.05) is 14.2 Å². The molecule has 4 rings (SSSR count). The maximum absolute atomic E-state index is 5.58. The van der Waals surface area contributed by atoms with E-state index >= 15 is 0 Å². The second-order valence-electron chi connectivity index (χ2n) is 6.06. The zero-order chi connectivity index (χ0) is 18.6. The number of hydrogen-bond donors (Lipinski definition) is 0. The number of aromatic nitrogens is 2. The fraction of sp³-hybridized carbons (Fsp3) is 0.0870. The van der Waals surface area contributed by atoms with Crippen molar-refractivity contribution in [2.45, 2.75) is 0 Å². The molecule has 0 aliphatic carbocycles. The normalized spacial score (nSPS) is 10.6. The highest BCUT2D eigenvalue weighted by atomic mass is 16.5. The van der Waals surface area contributed by atoms with Crippen molar-refractivity contribution in [3.63, 3.8) is 0 Å². The highest BCUT2D eigenvalue weighted by Crippen LogP contribution is 2.36. The van der Waals surface area contributed by atoms with Gasteiger partial charge in [-0.1, -0.05) is 42.5 Å². The summed E-state index contributed by atoms with van der Waals surface area (Å²) in [5, 5.41) is 4.89. The molecule has 0 N–H and O–H groups in total. The Morgan fingerprint density at radius 3 is 1.89 bits per heavy atom. The van der Waals surface area contributed by atoms with Crippen molar-refractivity contribution in [3.8, 4) is 39.7 Å². The van der Waals surface area contributed by atoms with E-state index in [9.17, 15) is 0 Å². The van der Waals surface area contributed by atoms with Gasteiger partial charge in [0.25, 0.3) is 0 Å². The van der Waals surface area contributed by atoms with Gasteiger partial charge in [-0.2, -0.15) is 5.10 Å². The van der Waals surface area contributed by atoms with Crippen LogP contribution in [0.15, 0.2) is 84.9 Å². The van der Waals surface area contributed by atoms with E-state index in [1.165, 1.54) is 0 Å². The molecule has 4 nitrogen and oxygen atoms in total. The Balaban J connectivity index is 1.96. The molecule has 0 saturated heterocycles. The average Bonchev–Trinajstić information content (AvgIpc) is 3.19. The fourth-order valence-electron chi connectivity index (χ4n) is 3.18. The van der Waals surface area contributed by atoms with E-state index in [0.717, 1.165) is 39.7 Å². The van der Waals surface area contributed by atoms with Crippen LogP contribution in [0.1, 0.15) is 0 Å². The number of ether oxygens (including phenoxy) is 2. The van der Waals surface area contributed by atoms with Crippen molar-refractivity contribution >= 4 is 0 Å². The van der Waals surface area contributed by atoms with Crippen molar-refractivity contribution < 1.29 is 9.47 Å². The number of benzene rings is 3. The molecule has 3 aromatic carbocycles. The first-order valence-electron chi connectivity index (χ1n) is 8.74. The number of methoxy groups -OCH3 is 2. The number of hydrogen-bond acceptors (Lipinski definition) is 3. The van der Waals surface area contributed by atoms with Crippen LogP contribution >= 0.6 is 0 Å². The molecule has 0 spiro atoms. The Labute approximate surface area is 158 Å². The zero-order valence-electron chi connectivity index (χ0n) is 15.3. The first-order chi connectivity index (χ1) is 13.3. The van der Waals surface area contributed by atoms with Gasteiger partial charge in [0.1, 0.15) is 11.5 Å². The summed E-state index contributed by atoms with van der Waals surface area (Å²) in [5.74, 6) is 1.60. The van der Waals surface area contributed by atoms with Crippen LogP contribution in [-0.2, 0) is 0 Å². The summed E-state index contributed by atoms with van der Waals surface area (Å²) in [6.07, 6.45) is 0. The van der Waals surface area contributed by atoms with Crippen LogP contribution in [0.2, 0.25) is 0 Å². The highest BCUT2D eigenvalue weighted by Gasteiger charge is 2.17. The van der Waals surface area contributed by atoms with E-state index in [1.807, 2.05) is 83.5 Å². The zero-order valence-corrected chi connectivity index (χ0v) is 15.3.